The summed E-state index contributed by atoms with van der Waals surface area (Å²) < 4.78 is 17.3. The molecule has 5 N–H and O–H groups in total. The maximum atomic E-state index is 9.73. The summed E-state index contributed by atoms with van der Waals surface area (Å²) in [4.78, 5) is 5.02. The quantitative estimate of drug-likeness (QED) is 0.473. The van der Waals surface area contributed by atoms with Crippen LogP contribution in [0.4, 0.5) is 11.5 Å². The Bertz CT molecular complexity index is 987. The highest BCUT2D eigenvalue weighted by molar-refractivity contribution is 5.74. The van der Waals surface area contributed by atoms with Crippen molar-refractivity contribution in [2.45, 2.75) is 51.3 Å². The number of fused-ring (bicyclic) bond motifs is 2. The van der Waals surface area contributed by atoms with Gasteiger partial charge in [-0.25, -0.2) is 10.4 Å². The molecular formula is C24H33N5O4. The number of hydrogen-bond acceptors (Lipinski definition) is 9. The lowest BCUT2D eigenvalue weighted by molar-refractivity contribution is -0.0904. The summed E-state index contributed by atoms with van der Waals surface area (Å²) >= 11 is 0. The number of nitrogens with two attached hydrogens (primary N) is 1. The molecule has 0 aliphatic carbocycles. The van der Waals surface area contributed by atoms with Crippen LogP contribution in [0, 0.1) is 5.92 Å². The first-order valence-electron chi connectivity index (χ1n) is 11.7. The largest absolute Gasteiger partial charge is 0.491 e. The summed E-state index contributed by atoms with van der Waals surface area (Å²) in [6.07, 6.45) is 0.220. The van der Waals surface area contributed by atoms with Gasteiger partial charge in [0, 0.05) is 41.9 Å². The van der Waals surface area contributed by atoms with E-state index in [1.54, 1.807) is 0 Å². The molecule has 0 bridgehead atoms. The number of benzene rings is 1. The van der Waals surface area contributed by atoms with Gasteiger partial charge in [0.2, 0.25) is 0 Å². The summed E-state index contributed by atoms with van der Waals surface area (Å²) in [5.74, 6) is 1.97. The number of hydrogen-bond donors (Lipinski definition) is 4. The zero-order valence-corrected chi connectivity index (χ0v) is 19.2. The monoisotopic (exact) mass is 455 g/mol. The normalized spacial score (nSPS) is 24.8. The number of rotatable bonds is 8. The van der Waals surface area contributed by atoms with Crippen LogP contribution in [-0.4, -0.2) is 60.9 Å². The molecule has 5 rings (SSSR count). The summed E-state index contributed by atoms with van der Waals surface area (Å²) in [6.45, 7) is 6.72. The second kappa shape index (κ2) is 9.44. The molecule has 178 valence electrons. The highest BCUT2D eigenvalue weighted by Gasteiger charge is 2.42. The van der Waals surface area contributed by atoms with Crippen LogP contribution in [0.2, 0.25) is 0 Å². The minimum Gasteiger partial charge on any atom is -0.491 e. The lowest BCUT2D eigenvalue weighted by atomic mass is 9.99. The second-order valence-electron chi connectivity index (χ2n) is 9.16. The molecule has 3 aliphatic heterocycles. The molecule has 4 atom stereocenters. The molecule has 0 amide bonds. The van der Waals surface area contributed by atoms with Gasteiger partial charge in [-0.15, -0.1) is 0 Å². The van der Waals surface area contributed by atoms with E-state index in [-0.39, 0.29) is 31.5 Å². The van der Waals surface area contributed by atoms with Gasteiger partial charge >= 0.3 is 0 Å². The molecule has 33 heavy (non-hydrogen) atoms. The maximum Gasteiger partial charge on any atom is 0.162 e. The van der Waals surface area contributed by atoms with E-state index in [1.165, 1.54) is 0 Å². The van der Waals surface area contributed by atoms with Gasteiger partial charge in [-0.05, 0) is 38.5 Å². The van der Waals surface area contributed by atoms with E-state index < -0.39 is 6.10 Å². The first-order valence-corrected chi connectivity index (χ1v) is 11.7. The third-order valence-electron chi connectivity index (χ3n) is 6.50. The smallest absolute Gasteiger partial charge is 0.162 e. The van der Waals surface area contributed by atoms with E-state index in [4.69, 9.17) is 24.9 Å². The molecule has 1 unspecified atom stereocenters. The van der Waals surface area contributed by atoms with Crippen molar-refractivity contribution in [1.29, 1.82) is 0 Å². The molecule has 3 aliphatic rings. The Morgan fingerprint density at radius 1 is 1.33 bits per heavy atom. The average Bonchev–Trinajstić information content (AvgIpc) is 3.54. The standard InChI is InChI=1S/C24H33N5O4/c1-14(2)29-23-19(11-26-29)21(27-22-13-33-24-18(22)6-7-31-24)9-20(28-23)15-4-3-5-17(8-15)32-12-16(30)10-25/h3-5,8-9,14,16,18,22,24,26,30H,6-7,10-13,25H2,1-2H3,(H,27,28)/t16?,18-,22+,24+/m0/s1. The lowest BCUT2D eigenvalue weighted by Gasteiger charge is -2.24. The van der Waals surface area contributed by atoms with Crippen LogP contribution in [0.15, 0.2) is 30.3 Å². The summed E-state index contributed by atoms with van der Waals surface area (Å²) in [5, 5.41) is 15.6. The van der Waals surface area contributed by atoms with Crippen LogP contribution in [0.1, 0.15) is 25.8 Å². The number of aromatic nitrogens is 1. The fraction of sp³-hybridized carbons (Fsp3) is 0.542. The van der Waals surface area contributed by atoms with Gasteiger partial charge in [-0.3, -0.25) is 5.01 Å². The molecule has 9 nitrogen and oxygen atoms in total. The topological polar surface area (TPSA) is 114 Å². The van der Waals surface area contributed by atoms with Gasteiger partial charge < -0.3 is 30.4 Å². The minimum absolute atomic E-state index is 0.0974. The highest BCUT2D eigenvalue weighted by atomic mass is 16.7. The molecule has 0 radical (unpaired) electrons. The molecule has 2 saturated heterocycles. The molecule has 4 heterocycles. The fourth-order valence-electron chi connectivity index (χ4n) is 4.69. The van der Waals surface area contributed by atoms with E-state index in [1.807, 2.05) is 24.3 Å². The van der Waals surface area contributed by atoms with Crippen molar-refractivity contribution in [1.82, 2.24) is 10.4 Å². The van der Waals surface area contributed by atoms with Gasteiger partial charge in [-0.1, -0.05) is 12.1 Å². The van der Waals surface area contributed by atoms with E-state index in [0.717, 1.165) is 47.9 Å². The van der Waals surface area contributed by atoms with E-state index in [2.05, 4.69) is 35.7 Å². The van der Waals surface area contributed by atoms with Gasteiger partial charge in [0.25, 0.3) is 0 Å². The minimum atomic E-state index is -0.690. The predicted molar refractivity (Wildman–Crippen MR) is 126 cm³/mol. The van der Waals surface area contributed by atoms with Crippen molar-refractivity contribution < 1.29 is 19.3 Å². The van der Waals surface area contributed by atoms with Crippen molar-refractivity contribution in [2.75, 3.05) is 36.7 Å². The SMILES string of the molecule is CC(C)N1NCc2c(N[C@@H]3CO[C@H]4OCC[C@H]43)cc(-c3cccc(OCC(O)CN)c3)nc21. The number of anilines is 2. The van der Waals surface area contributed by atoms with Crippen molar-refractivity contribution in [2.24, 2.45) is 11.7 Å². The van der Waals surface area contributed by atoms with Gasteiger partial charge in [0.1, 0.15) is 24.3 Å². The Kier molecular flexibility index (Phi) is 6.40. The van der Waals surface area contributed by atoms with Crippen molar-refractivity contribution in [3.05, 3.63) is 35.9 Å². The first kappa shape index (κ1) is 22.4. The van der Waals surface area contributed by atoms with Crippen molar-refractivity contribution in [3.8, 4) is 17.0 Å². The molecule has 0 saturated carbocycles. The number of hydrazine groups is 1. The van der Waals surface area contributed by atoms with E-state index >= 15 is 0 Å². The summed E-state index contributed by atoms with van der Waals surface area (Å²) in [6, 6.07) is 10.4. The van der Waals surface area contributed by atoms with Crippen LogP contribution >= 0.6 is 0 Å². The third-order valence-corrected chi connectivity index (χ3v) is 6.50. The first-order chi connectivity index (χ1) is 16.0. The number of aliphatic hydroxyl groups is 1. The van der Waals surface area contributed by atoms with Crippen LogP contribution in [-0.2, 0) is 16.0 Å². The molecule has 1 aromatic carbocycles. The summed E-state index contributed by atoms with van der Waals surface area (Å²) in [7, 11) is 0. The highest BCUT2D eigenvalue weighted by Crippen LogP contribution is 2.38. The fourth-order valence-corrected chi connectivity index (χ4v) is 4.69. The lowest BCUT2D eigenvalue weighted by Crippen LogP contribution is -2.38. The van der Waals surface area contributed by atoms with Crippen molar-refractivity contribution in [3.63, 3.8) is 0 Å². The average molecular weight is 456 g/mol. The molecule has 1 aromatic heterocycles. The van der Waals surface area contributed by atoms with Gasteiger partial charge in [0.05, 0.1) is 24.9 Å². The predicted octanol–water partition coefficient (Wildman–Crippen LogP) is 1.85. The third kappa shape index (κ3) is 4.51. The Balaban J connectivity index is 1.47. The number of nitrogens with one attached hydrogen (secondary N) is 2. The molecular weight excluding hydrogens is 422 g/mol. The van der Waals surface area contributed by atoms with Crippen LogP contribution in [0.3, 0.4) is 0 Å². The van der Waals surface area contributed by atoms with Crippen molar-refractivity contribution >= 4 is 11.5 Å². The van der Waals surface area contributed by atoms with Crippen LogP contribution in [0.25, 0.3) is 11.3 Å². The number of ether oxygens (including phenoxy) is 3. The number of aliphatic hydroxyl groups excluding tert-OH is 1. The number of pyridine rings is 1. The van der Waals surface area contributed by atoms with Gasteiger partial charge in [-0.2, -0.15) is 0 Å². The molecule has 2 aromatic rings. The van der Waals surface area contributed by atoms with Crippen LogP contribution < -0.4 is 26.2 Å². The molecule has 2 fully saturated rings. The number of nitrogens with zero attached hydrogens (tertiary/aromatic N) is 2. The van der Waals surface area contributed by atoms with E-state index in [0.29, 0.717) is 18.3 Å². The second-order valence-corrected chi connectivity index (χ2v) is 9.16. The van der Waals surface area contributed by atoms with Crippen LogP contribution in [0.5, 0.6) is 5.75 Å². The Morgan fingerprint density at radius 3 is 3.03 bits per heavy atom. The Morgan fingerprint density at radius 2 is 2.21 bits per heavy atom. The zero-order valence-electron chi connectivity index (χ0n) is 19.2. The molecule has 0 spiro atoms. The summed E-state index contributed by atoms with van der Waals surface area (Å²) in [5.41, 5.74) is 13.0. The maximum absolute atomic E-state index is 9.73. The van der Waals surface area contributed by atoms with Gasteiger partial charge in [0.15, 0.2) is 6.29 Å². The zero-order chi connectivity index (χ0) is 22.9. The Hall–Kier alpha value is -2.43. The Labute approximate surface area is 194 Å². The van der Waals surface area contributed by atoms with E-state index in [9.17, 15) is 5.11 Å². The molecule has 9 heteroatoms.